The Labute approximate surface area is 129 Å². The first-order valence-electron chi connectivity index (χ1n) is 6.97. The highest BCUT2D eigenvalue weighted by atomic mass is 16.5. The van der Waals surface area contributed by atoms with E-state index in [1.807, 2.05) is 37.3 Å². The molecule has 4 N–H and O–H groups in total. The number of hydrogen-bond donors (Lipinski definition) is 3. The molecule has 0 saturated heterocycles. The monoisotopic (exact) mass is 300 g/mol. The minimum Gasteiger partial charge on any atom is -0.478 e. The topological polar surface area (TPSA) is 96.4 Å². The lowest BCUT2D eigenvalue weighted by atomic mass is 9.69. The lowest BCUT2D eigenvalue weighted by Crippen LogP contribution is -2.53. The Kier molecular flexibility index (Phi) is 4.19. The van der Waals surface area contributed by atoms with E-state index in [2.05, 4.69) is 0 Å². The zero-order valence-electron chi connectivity index (χ0n) is 12.9. The van der Waals surface area contributed by atoms with Crippen LogP contribution in [-0.4, -0.2) is 29.6 Å². The summed E-state index contributed by atoms with van der Waals surface area (Å²) in [4.78, 5) is 11.7. The van der Waals surface area contributed by atoms with E-state index >= 15 is 0 Å². The summed E-state index contributed by atoms with van der Waals surface area (Å²) in [6.07, 6.45) is 1.55. The number of aliphatic carboxylic acids is 1. The van der Waals surface area contributed by atoms with Crippen LogP contribution in [0.1, 0.15) is 19.4 Å². The highest BCUT2D eigenvalue weighted by Gasteiger charge is 2.47. The van der Waals surface area contributed by atoms with Gasteiger partial charge < -0.3 is 15.6 Å². The molecule has 22 heavy (non-hydrogen) atoms. The van der Waals surface area contributed by atoms with Gasteiger partial charge in [-0.3, -0.25) is 5.41 Å². The third-order valence-electron chi connectivity index (χ3n) is 4.32. The lowest BCUT2D eigenvalue weighted by Gasteiger charge is -2.42. The fourth-order valence-electron chi connectivity index (χ4n) is 3.27. The van der Waals surface area contributed by atoms with Crippen LogP contribution in [0.25, 0.3) is 5.57 Å². The number of carbonyl (C=O) groups is 1. The summed E-state index contributed by atoms with van der Waals surface area (Å²) in [5.41, 5.74) is 6.92. The van der Waals surface area contributed by atoms with E-state index in [0.29, 0.717) is 11.1 Å². The van der Waals surface area contributed by atoms with Gasteiger partial charge in [0.2, 0.25) is 0 Å². The Balaban J connectivity index is 2.76. The standard InChI is InChI=1S/C17H20N2O3/c1-10-9-13(15(20)21)14(12-7-5-4-6-8-12)11(2)17(10,22-3)16(18)19/h4-9,11H,1-3H3,(H3,18,19)(H,20,21). The van der Waals surface area contributed by atoms with Gasteiger partial charge in [0.1, 0.15) is 5.84 Å². The van der Waals surface area contributed by atoms with Gasteiger partial charge in [-0.1, -0.05) is 37.3 Å². The van der Waals surface area contributed by atoms with Crippen molar-refractivity contribution in [3.8, 4) is 0 Å². The second kappa shape index (κ2) is 5.77. The molecule has 1 aliphatic rings. The van der Waals surface area contributed by atoms with Crippen molar-refractivity contribution in [3.05, 3.63) is 53.1 Å². The van der Waals surface area contributed by atoms with E-state index in [0.717, 1.165) is 5.56 Å². The smallest absolute Gasteiger partial charge is 0.335 e. The second-order valence-corrected chi connectivity index (χ2v) is 5.40. The molecule has 2 rings (SSSR count). The number of nitrogens with two attached hydrogens (primary N) is 1. The van der Waals surface area contributed by atoms with E-state index in [1.54, 1.807) is 13.0 Å². The largest absolute Gasteiger partial charge is 0.478 e. The van der Waals surface area contributed by atoms with Gasteiger partial charge in [0, 0.05) is 13.0 Å². The van der Waals surface area contributed by atoms with Crippen molar-refractivity contribution in [3.63, 3.8) is 0 Å². The zero-order valence-corrected chi connectivity index (χ0v) is 12.9. The van der Waals surface area contributed by atoms with Crippen molar-refractivity contribution >= 4 is 17.4 Å². The summed E-state index contributed by atoms with van der Waals surface area (Å²) in [6, 6.07) is 9.27. The predicted octanol–water partition coefficient (Wildman–Crippen LogP) is 2.44. The Hall–Kier alpha value is -2.40. The van der Waals surface area contributed by atoms with Crippen LogP contribution in [0.2, 0.25) is 0 Å². The van der Waals surface area contributed by atoms with Crippen molar-refractivity contribution in [1.29, 1.82) is 5.41 Å². The summed E-state index contributed by atoms with van der Waals surface area (Å²) >= 11 is 0. The SMILES string of the molecule is COC1(C(=N)N)C(C)=CC(C(=O)O)=C(c2ccccc2)C1C. The molecule has 0 bridgehead atoms. The van der Waals surface area contributed by atoms with Crippen molar-refractivity contribution in [2.75, 3.05) is 7.11 Å². The number of nitrogens with one attached hydrogen (secondary N) is 1. The van der Waals surface area contributed by atoms with Crippen molar-refractivity contribution in [1.82, 2.24) is 0 Å². The van der Waals surface area contributed by atoms with Gasteiger partial charge in [0.15, 0.2) is 5.60 Å². The molecule has 2 atom stereocenters. The van der Waals surface area contributed by atoms with Crippen LogP contribution in [-0.2, 0) is 9.53 Å². The van der Waals surface area contributed by atoms with Crippen LogP contribution in [0.15, 0.2) is 47.6 Å². The number of benzene rings is 1. The zero-order chi connectivity index (χ0) is 16.5. The van der Waals surface area contributed by atoms with Gasteiger partial charge in [-0.2, -0.15) is 0 Å². The molecule has 0 saturated carbocycles. The Morgan fingerprint density at radius 3 is 2.41 bits per heavy atom. The van der Waals surface area contributed by atoms with Gasteiger partial charge in [0.05, 0.1) is 5.57 Å². The number of rotatable bonds is 4. The van der Waals surface area contributed by atoms with E-state index in [4.69, 9.17) is 15.9 Å². The Bertz CT molecular complexity index is 676. The first kappa shape index (κ1) is 16.0. The molecule has 116 valence electrons. The van der Waals surface area contributed by atoms with Crippen LogP contribution in [0.3, 0.4) is 0 Å². The number of carboxylic acid groups (broad SMARTS) is 1. The normalized spacial score (nSPS) is 24.9. The first-order valence-corrected chi connectivity index (χ1v) is 6.97. The molecular formula is C17H20N2O3. The molecule has 0 amide bonds. The first-order chi connectivity index (χ1) is 10.4. The fourth-order valence-corrected chi connectivity index (χ4v) is 3.27. The molecule has 1 aliphatic carbocycles. The third kappa shape index (κ3) is 2.23. The summed E-state index contributed by atoms with van der Waals surface area (Å²) in [5.74, 6) is -1.53. The van der Waals surface area contributed by atoms with E-state index in [-0.39, 0.29) is 11.4 Å². The number of hydrogen-bond acceptors (Lipinski definition) is 3. The van der Waals surface area contributed by atoms with Crippen molar-refractivity contribution in [2.24, 2.45) is 11.7 Å². The Morgan fingerprint density at radius 1 is 1.36 bits per heavy atom. The van der Waals surface area contributed by atoms with Gasteiger partial charge >= 0.3 is 5.97 Å². The van der Waals surface area contributed by atoms with Gasteiger partial charge in [0.25, 0.3) is 0 Å². The molecule has 2 unspecified atom stereocenters. The van der Waals surface area contributed by atoms with Gasteiger partial charge in [-0.05, 0) is 29.7 Å². The van der Waals surface area contributed by atoms with Gasteiger partial charge in [-0.25, -0.2) is 4.79 Å². The maximum absolute atomic E-state index is 11.7. The molecule has 0 heterocycles. The summed E-state index contributed by atoms with van der Waals surface area (Å²) in [5, 5.41) is 17.5. The number of ether oxygens (including phenoxy) is 1. The molecule has 0 fully saturated rings. The average Bonchev–Trinajstić information content (AvgIpc) is 2.48. The maximum atomic E-state index is 11.7. The number of amidine groups is 1. The molecule has 1 aromatic rings. The van der Waals surface area contributed by atoms with Crippen LogP contribution in [0.5, 0.6) is 0 Å². The third-order valence-corrected chi connectivity index (χ3v) is 4.32. The summed E-state index contributed by atoms with van der Waals surface area (Å²) in [6.45, 7) is 3.58. The van der Waals surface area contributed by atoms with E-state index in [9.17, 15) is 9.90 Å². The fraction of sp³-hybridized carbons (Fsp3) is 0.294. The van der Waals surface area contributed by atoms with E-state index in [1.165, 1.54) is 7.11 Å². The summed E-state index contributed by atoms with van der Waals surface area (Å²) < 4.78 is 5.60. The van der Waals surface area contributed by atoms with Crippen LogP contribution >= 0.6 is 0 Å². The maximum Gasteiger partial charge on any atom is 0.335 e. The molecule has 5 heteroatoms. The molecule has 0 aromatic heterocycles. The van der Waals surface area contributed by atoms with Crippen molar-refractivity contribution < 1.29 is 14.6 Å². The van der Waals surface area contributed by atoms with Crippen LogP contribution in [0, 0.1) is 11.3 Å². The summed E-state index contributed by atoms with van der Waals surface area (Å²) in [7, 11) is 1.49. The molecular weight excluding hydrogens is 280 g/mol. The number of methoxy groups -OCH3 is 1. The average molecular weight is 300 g/mol. The van der Waals surface area contributed by atoms with Crippen molar-refractivity contribution in [2.45, 2.75) is 19.4 Å². The highest BCUT2D eigenvalue weighted by molar-refractivity contribution is 6.04. The lowest BCUT2D eigenvalue weighted by molar-refractivity contribution is -0.132. The van der Waals surface area contributed by atoms with Gasteiger partial charge in [-0.15, -0.1) is 0 Å². The highest BCUT2D eigenvalue weighted by Crippen LogP contribution is 2.44. The molecule has 0 aliphatic heterocycles. The minimum atomic E-state index is -1.12. The molecule has 1 aromatic carbocycles. The molecule has 0 spiro atoms. The molecule has 5 nitrogen and oxygen atoms in total. The predicted molar refractivity (Wildman–Crippen MR) is 85.6 cm³/mol. The van der Waals surface area contributed by atoms with Crippen LogP contribution < -0.4 is 5.73 Å². The quantitative estimate of drug-likeness (QED) is 0.587. The number of carboxylic acids is 1. The second-order valence-electron chi connectivity index (χ2n) is 5.40. The molecule has 0 radical (unpaired) electrons. The Morgan fingerprint density at radius 2 is 1.95 bits per heavy atom. The minimum absolute atomic E-state index is 0.130. The van der Waals surface area contributed by atoms with Crippen LogP contribution in [0.4, 0.5) is 0 Å². The van der Waals surface area contributed by atoms with E-state index < -0.39 is 17.5 Å².